The second-order valence-corrected chi connectivity index (χ2v) is 5.90. The smallest absolute Gasteiger partial charge is 0.214 e. The highest BCUT2D eigenvalue weighted by atomic mass is 16.4. The summed E-state index contributed by atoms with van der Waals surface area (Å²) in [6, 6.07) is 4.00. The van der Waals surface area contributed by atoms with Crippen LogP contribution in [0.4, 0.5) is 0 Å². The van der Waals surface area contributed by atoms with Crippen LogP contribution in [0.15, 0.2) is 40.1 Å². The molecule has 0 atom stereocenters. The monoisotopic (exact) mass is 353 g/mol. The number of pyridine rings is 1. The van der Waals surface area contributed by atoms with Crippen molar-refractivity contribution in [2.45, 2.75) is 33.9 Å². The molecular formula is C18H23N7O. The van der Waals surface area contributed by atoms with Gasteiger partial charge in [0.1, 0.15) is 17.4 Å². The first-order valence-electron chi connectivity index (χ1n) is 8.39. The molecule has 0 aliphatic carbocycles. The Balaban J connectivity index is 1.54. The molecule has 3 aromatic heterocycles. The number of hydrogen-bond acceptors (Lipinski definition) is 5. The summed E-state index contributed by atoms with van der Waals surface area (Å²) in [5.41, 5.74) is 1.96. The van der Waals surface area contributed by atoms with Gasteiger partial charge in [-0.15, -0.1) is 0 Å². The Kier molecular flexibility index (Phi) is 5.31. The largest absolute Gasteiger partial charge is 0.444 e. The second kappa shape index (κ2) is 7.81. The van der Waals surface area contributed by atoms with Gasteiger partial charge in [0.05, 0.1) is 12.2 Å². The van der Waals surface area contributed by atoms with Crippen molar-refractivity contribution in [3.05, 3.63) is 59.5 Å². The Hall–Kier alpha value is -3.16. The minimum atomic E-state index is 0.478. The van der Waals surface area contributed by atoms with Gasteiger partial charge in [-0.05, 0) is 32.4 Å². The van der Waals surface area contributed by atoms with E-state index < -0.39 is 0 Å². The predicted molar refractivity (Wildman–Crippen MR) is 99.1 cm³/mol. The number of aryl methyl sites for hydroxylation is 3. The van der Waals surface area contributed by atoms with E-state index in [1.165, 1.54) is 0 Å². The molecule has 0 aliphatic heterocycles. The number of oxazole rings is 1. The topological polar surface area (TPSA) is 93.2 Å². The van der Waals surface area contributed by atoms with Gasteiger partial charge in [-0.1, -0.05) is 6.07 Å². The van der Waals surface area contributed by atoms with Crippen LogP contribution in [0, 0.1) is 20.8 Å². The fourth-order valence-corrected chi connectivity index (χ4v) is 2.46. The molecule has 3 aromatic rings. The van der Waals surface area contributed by atoms with Crippen LogP contribution in [-0.4, -0.2) is 32.5 Å². The van der Waals surface area contributed by atoms with Crippen LogP contribution in [0.3, 0.4) is 0 Å². The van der Waals surface area contributed by atoms with Gasteiger partial charge in [-0.2, -0.15) is 0 Å². The van der Waals surface area contributed by atoms with Crippen LogP contribution in [0.2, 0.25) is 0 Å². The van der Waals surface area contributed by atoms with Crippen molar-refractivity contribution in [1.29, 1.82) is 0 Å². The summed E-state index contributed by atoms with van der Waals surface area (Å²) in [5.74, 6) is 3.91. The first-order chi connectivity index (χ1) is 12.6. The molecule has 0 radical (unpaired) electrons. The fourth-order valence-electron chi connectivity index (χ4n) is 2.46. The third-order valence-corrected chi connectivity index (χ3v) is 4.05. The Morgan fingerprint density at radius 3 is 2.54 bits per heavy atom. The van der Waals surface area contributed by atoms with Crippen LogP contribution in [-0.2, 0) is 13.1 Å². The Labute approximate surface area is 152 Å². The normalized spacial score (nSPS) is 11.6. The average molecular weight is 353 g/mol. The summed E-state index contributed by atoms with van der Waals surface area (Å²) >= 11 is 0. The third-order valence-electron chi connectivity index (χ3n) is 4.05. The van der Waals surface area contributed by atoms with E-state index in [0.717, 1.165) is 28.7 Å². The fraction of sp³-hybridized carbons (Fsp3) is 0.333. The zero-order chi connectivity index (χ0) is 18.5. The maximum atomic E-state index is 5.56. The SMILES string of the molecule is CN=C(NCc1ccc(-n2ccnc2C)nc1)NCc1nc(C)c(C)o1. The minimum absolute atomic E-state index is 0.478. The van der Waals surface area contributed by atoms with E-state index in [9.17, 15) is 0 Å². The van der Waals surface area contributed by atoms with Crippen molar-refractivity contribution >= 4 is 5.96 Å². The maximum absolute atomic E-state index is 5.56. The van der Waals surface area contributed by atoms with Gasteiger partial charge in [0.2, 0.25) is 5.89 Å². The van der Waals surface area contributed by atoms with Crippen LogP contribution in [0.1, 0.15) is 28.7 Å². The van der Waals surface area contributed by atoms with Gasteiger partial charge in [0.15, 0.2) is 5.96 Å². The van der Waals surface area contributed by atoms with Crippen molar-refractivity contribution in [1.82, 2.24) is 30.2 Å². The predicted octanol–water partition coefficient (Wildman–Crippen LogP) is 2.05. The van der Waals surface area contributed by atoms with Crippen LogP contribution < -0.4 is 10.6 Å². The molecule has 136 valence electrons. The quantitative estimate of drug-likeness (QED) is 0.539. The van der Waals surface area contributed by atoms with Gasteiger partial charge in [0.25, 0.3) is 0 Å². The van der Waals surface area contributed by atoms with Crippen LogP contribution in [0.5, 0.6) is 0 Å². The number of hydrogen-bond donors (Lipinski definition) is 2. The molecule has 26 heavy (non-hydrogen) atoms. The molecule has 8 nitrogen and oxygen atoms in total. The van der Waals surface area contributed by atoms with Gasteiger partial charge in [0, 0.05) is 32.2 Å². The molecule has 0 aromatic carbocycles. The molecule has 0 aliphatic rings. The molecule has 0 unspecified atom stereocenters. The van der Waals surface area contributed by atoms with Gasteiger partial charge < -0.3 is 15.1 Å². The molecule has 0 saturated carbocycles. The number of aliphatic imine (C=N–C) groups is 1. The number of guanidine groups is 1. The van der Waals surface area contributed by atoms with Crippen molar-refractivity contribution < 1.29 is 4.42 Å². The first kappa shape index (κ1) is 17.7. The highest BCUT2D eigenvalue weighted by Gasteiger charge is 2.07. The highest BCUT2D eigenvalue weighted by molar-refractivity contribution is 5.79. The van der Waals surface area contributed by atoms with Gasteiger partial charge in [-0.3, -0.25) is 9.56 Å². The van der Waals surface area contributed by atoms with E-state index in [-0.39, 0.29) is 0 Å². The summed E-state index contributed by atoms with van der Waals surface area (Å²) in [6.07, 6.45) is 5.50. The third kappa shape index (κ3) is 4.08. The zero-order valence-electron chi connectivity index (χ0n) is 15.4. The van der Waals surface area contributed by atoms with Crippen molar-refractivity contribution in [2.75, 3.05) is 7.05 Å². The molecule has 2 N–H and O–H groups in total. The van der Waals surface area contributed by atoms with E-state index in [1.807, 2.05) is 49.9 Å². The first-order valence-corrected chi connectivity index (χ1v) is 8.39. The molecule has 0 bridgehead atoms. The summed E-state index contributed by atoms with van der Waals surface area (Å²) in [7, 11) is 1.73. The standard InChI is InChI=1S/C18H23N7O/c1-12-13(2)26-17(24-12)11-23-18(19-4)22-10-15-5-6-16(21-9-15)25-8-7-20-14(25)3/h5-9H,10-11H2,1-4H3,(H2,19,22,23). The summed E-state index contributed by atoms with van der Waals surface area (Å²) in [4.78, 5) is 17.3. The molecule has 0 fully saturated rings. The maximum Gasteiger partial charge on any atom is 0.214 e. The molecule has 0 amide bonds. The van der Waals surface area contributed by atoms with Crippen molar-refractivity contribution in [3.8, 4) is 5.82 Å². The summed E-state index contributed by atoms with van der Waals surface area (Å²) in [5, 5.41) is 6.44. The Bertz CT molecular complexity index is 873. The van der Waals surface area contributed by atoms with Gasteiger partial charge in [-0.25, -0.2) is 15.0 Å². The molecular weight excluding hydrogens is 330 g/mol. The lowest BCUT2D eigenvalue weighted by Crippen LogP contribution is -2.36. The lowest BCUT2D eigenvalue weighted by molar-refractivity contribution is 0.463. The summed E-state index contributed by atoms with van der Waals surface area (Å²) in [6.45, 7) is 6.87. The number of imidazole rings is 1. The number of nitrogens with zero attached hydrogens (tertiary/aromatic N) is 5. The Morgan fingerprint density at radius 1 is 1.15 bits per heavy atom. The van der Waals surface area contributed by atoms with E-state index in [2.05, 4.69) is 30.6 Å². The number of aromatic nitrogens is 4. The molecule has 8 heteroatoms. The zero-order valence-corrected chi connectivity index (χ0v) is 15.4. The lowest BCUT2D eigenvalue weighted by Gasteiger charge is -2.11. The average Bonchev–Trinajstić information content (AvgIpc) is 3.21. The van der Waals surface area contributed by atoms with Crippen molar-refractivity contribution in [2.24, 2.45) is 4.99 Å². The number of rotatable bonds is 5. The van der Waals surface area contributed by atoms with E-state index in [4.69, 9.17) is 4.42 Å². The van der Waals surface area contributed by atoms with Crippen molar-refractivity contribution in [3.63, 3.8) is 0 Å². The summed E-state index contributed by atoms with van der Waals surface area (Å²) < 4.78 is 7.50. The van der Waals surface area contributed by atoms with Crippen LogP contribution in [0.25, 0.3) is 5.82 Å². The van der Waals surface area contributed by atoms with E-state index in [0.29, 0.717) is 24.9 Å². The lowest BCUT2D eigenvalue weighted by atomic mass is 10.3. The van der Waals surface area contributed by atoms with E-state index >= 15 is 0 Å². The molecule has 0 spiro atoms. The number of nitrogens with one attached hydrogen (secondary N) is 2. The highest BCUT2D eigenvalue weighted by Crippen LogP contribution is 2.09. The Morgan fingerprint density at radius 2 is 1.96 bits per heavy atom. The van der Waals surface area contributed by atoms with Gasteiger partial charge >= 0.3 is 0 Å². The molecule has 3 heterocycles. The minimum Gasteiger partial charge on any atom is -0.444 e. The van der Waals surface area contributed by atoms with E-state index in [1.54, 1.807) is 13.2 Å². The second-order valence-electron chi connectivity index (χ2n) is 5.90. The van der Waals surface area contributed by atoms with Crippen LogP contribution >= 0.6 is 0 Å². The molecule has 0 saturated heterocycles. The molecule has 3 rings (SSSR count).